The maximum atomic E-state index is 12.8. The number of nitrogens with one attached hydrogen (secondary N) is 1. The van der Waals surface area contributed by atoms with E-state index in [1.807, 2.05) is 30.3 Å². The van der Waals surface area contributed by atoms with Crippen LogP contribution in [0.1, 0.15) is 30.2 Å². The molecule has 3 aromatic carbocycles. The molecule has 1 unspecified atom stereocenters. The number of hydrogen-bond acceptors (Lipinski definition) is 5. The number of fused-ring (bicyclic) bond motifs is 1. The molecule has 1 N–H and O–H groups in total. The summed E-state index contributed by atoms with van der Waals surface area (Å²) in [5, 5.41) is 2.79. The first-order valence-corrected chi connectivity index (χ1v) is 9.72. The van der Waals surface area contributed by atoms with Crippen LogP contribution in [0.3, 0.4) is 0 Å². The van der Waals surface area contributed by atoms with E-state index in [0.717, 1.165) is 0 Å². The van der Waals surface area contributed by atoms with Crippen molar-refractivity contribution in [3.8, 4) is 11.5 Å². The lowest BCUT2D eigenvalue weighted by molar-refractivity contribution is -0.118. The number of ketones is 1. The Kier molecular flexibility index (Phi) is 5.41. The van der Waals surface area contributed by atoms with Crippen LogP contribution in [-0.2, 0) is 4.79 Å². The number of carbonyl (C=O) groups is 2. The maximum absolute atomic E-state index is 12.8. The van der Waals surface area contributed by atoms with Crippen molar-refractivity contribution < 1.29 is 18.7 Å². The molecule has 0 saturated carbocycles. The predicted molar refractivity (Wildman–Crippen MR) is 117 cm³/mol. The molecule has 0 aliphatic carbocycles. The average molecular weight is 416 g/mol. The van der Waals surface area contributed by atoms with Crippen molar-refractivity contribution in [2.45, 2.75) is 19.9 Å². The number of ether oxygens (including phenoxy) is 1. The predicted octanol–water partition coefficient (Wildman–Crippen LogP) is 4.79. The second kappa shape index (κ2) is 8.31. The Hall–Kier alpha value is -4.13. The smallest absolute Gasteiger partial charge is 0.420 e. The number of rotatable bonds is 6. The summed E-state index contributed by atoms with van der Waals surface area (Å²) in [6, 6.07) is 20.2. The molecule has 7 nitrogen and oxygen atoms in total. The van der Waals surface area contributed by atoms with Gasteiger partial charge in [-0.15, -0.1) is 0 Å². The summed E-state index contributed by atoms with van der Waals surface area (Å²) in [7, 11) is 0. The summed E-state index contributed by atoms with van der Waals surface area (Å²) in [6.45, 7) is 3.04. The van der Waals surface area contributed by atoms with Crippen molar-refractivity contribution in [1.82, 2.24) is 4.57 Å². The van der Waals surface area contributed by atoms with Crippen molar-refractivity contribution in [3.05, 3.63) is 88.9 Å². The van der Waals surface area contributed by atoms with Crippen LogP contribution >= 0.6 is 0 Å². The molecule has 0 aliphatic heterocycles. The van der Waals surface area contributed by atoms with E-state index in [-0.39, 0.29) is 17.3 Å². The lowest BCUT2D eigenvalue weighted by atomic mass is 10.1. The summed E-state index contributed by atoms with van der Waals surface area (Å²) in [5.41, 5.74) is 1.71. The number of carbonyl (C=O) groups excluding carboxylic acids is 2. The summed E-state index contributed by atoms with van der Waals surface area (Å²) in [5.74, 6) is 0.174. The van der Waals surface area contributed by atoms with Gasteiger partial charge in [-0.25, -0.2) is 4.79 Å². The van der Waals surface area contributed by atoms with E-state index >= 15 is 0 Å². The van der Waals surface area contributed by atoms with Gasteiger partial charge in [0.1, 0.15) is 17.5 Å². The number of benzene rings is 3. The first-order valence-electron chi connectivity index (χ1n) is 9.72. The summed E-state index contributed by atoms with van der Waals surface area (Å²) in [4.78, 5) is 36.7. The molecule has 7 heteroatoms. The van der Waals surface area contributed by atoms with E-state index < -0.39 is 11.8 Å². The first kappa shape index (κ1) is 20.2. The molecule has 0 bridgehead atoms. The SMILES string of the molecule is CC(=O)c1ccc2c(c1)oc(=O)n2C(C)C(=O)Nc1ccc(Oc2ccccc2)cc1. The molecule has 1 amide bonds. The Bertz CT molecular complexity index is 1300. The van der Waals surface area contributed by atoms with Crippen molar-refractivity contribution in [2.75, 3.05) is 5.32 Å². The van der Waals surface area contributed by atoms with Gasteiger partial charge in [-0.05, 0) is 68.4 Å². The fraction of sp³-hybridized carbons (Fsp3) is 0.125. The van der Waals surface area contributed by atoms with Gasteiger partial charge >= 0.3 is 5.76 Å². The van der Waals surface area contributed by atoms with Crippen molar-refractivity contribution in [3.63, 3.8) is 0 Å². The molecule has 0 spiro atoms. The fourth-order valence-corrected chi connectivity index (χ4v) is 3.22. The first-order chi connectivity index (χ1) is 14.9. The van der Waals surface area contributed by atoms with Crippen LogP contribution in [0.25, 0.3) is 11.1 Å². The molecule has 4 aromatic rings. The Morgan fingerprint density at radius 2 is 1.65 bits per heavy atom. The van der Waals surface area contributed by atoms with Crippen molar-refractivity contribution >= 4 is 28.5 Å². The molecule has 31 heavy (non-hydrogen) atoms. The average Bonchev–Trinajstić information content (AvgIpc) is 3.10. The minimum absolute atomic E-state index is 0.136. The number of anilines is 1. The minimum atomic E-state index is -0.822. The minimum Gasteiger partial charge on any atom is -0.457 e. The van der Waals surface area contributed by atoms with Gasteiger partial charge in [0.2, 0.25) is 5.91 Å². The van der Waals surface area contributed by atoms with Crippen LogP contribution in [-0.4, -0.2) is 16.3 Å². The van der Waals surface area contributed by atoms with Gasteiger partial charge in [-0.3, -0.25) is 14.2 Å². The van der Waals surface area contributed by atoms with E-state index in [2.05, 4.69) is 5.32 Å². The molecule has 1 aromatic heterocycles. The highest BCUT2D eigenvalue weighted by Gasteiger charge is 2.22. The van der Waals surface area contributed by atoms with E-state index in [9.17, 15) is 14.4 Å². The molecule has 156 valence electrons. The quantitative estimate of drug-likeness (QED) is 0.457. The molecule has 1 atom stereocenters. The van der Waals surface area contributed by atoms with E-state index in [4.69, 9.17) is 9.15 Å². The summed E-state index contributed by atoms with van der Waals surface area (Å²) >= 11 is 0. The second-order valence-corrected chi connectivity index (χ2v) is 7.08. The standard InChI is InChI=1S/C24H20N2O5/c1-15(26-21-13-8-17(16(2)27)14-22(21)31-24(26)29)23(28)25-18-9-11-20(12-10-18)30-19-6-4-3-5-7-19/h3-15H,1-2H3,(H,25,28). The third-order valence-corrected chi connectivity index (χ3v) is 4.89. The van der Waals surface area contributed by atoms with E-state index in [0.29, 0.717) is 28.3 Å². The maximum Gasteiger partial charge on any atom is 0.420 e. The van der Waals surface area contributed by atoms with Gasteiger partial charge in [0.05, 0.1) is 5.52 Å². The van der Waals surface area contributed by atoms with Gasteiger partial charge < -0.3 is 14.5 Å². The molecule has 0 saturated heterocycles. The van der Waals surface area contributed by atoms with Gasteiger partial charge in [0.15, 0.2) is 11.4 Å². The molecule has 0 fully saturated rings. The number of nitrogens with zero attached hydrogens (tertiary/aromatic N) is 1. The largest absolute Gasteiger partial charge is 0.457 e. The van der Waals surface area contributed by atoms with E-state index in [1.54, 1.807) is 43.3 Å². The number of Topliss-reactive ketones (excluding diaryl/α,β-unsaturated/α-hetero) is 1. The molecule has 0 aliphatic rings. The Morgan fingerprint density at radius 1 is 0.968 bits per heavy atom. The highest BCUT2D eigenvalue weighted by atomic mass is 16.5. The fourth-order valence-electron chi connectivity index (χ4n) is 3.22. The van der Waals surface area contributed by atoms with Gasteiger partial charge in [0.25, 0.3) is 0 Å². The summed E-state index contributed by atoms with van der Waals surface area (Å²) in [6.07, 6.45) is 0. The van der Waals surface area contributed by atoms with Gasteiger partial charge in [0, 0.05) is 11.3 Å². The van der Waals surface area contributed by atoms with Gasteiger partial charge in [-0.2, -0.15) is 0 Å². The molecule has 1 heterocycles. The van der Waals surface area contributed by atoms with Crippen LogP contribution < -0.4 is 15.8 Å². The van der Waals surface area contributed by atoms with Crippen LogP contribution in [0.15, 0.2) is 82.0 Å². The normalized spacial score (nSPS) is 11.8. The highest BCUT2D eigenvalue weighted by Crippen LogP contribution is 2.24. The zero-order chi connectivity index (χ0) is 22.0. The Balaban J connectivity index is 1.50. The lowest BCUT2D eigenvalue weighted by Gasteiger charge is -2.14. The van der Waals surface area contributed by atoms with Crippen LogP contribution in [0.4, 0.5) is 5.69 Å². The monoisotopic (exact) mass is 416 g/mol. The number of oxazole rings is 1. The summed E-state index contributed by atoms with van der Waals surface area (Å²) < 4.78 is 12.2. The molecule has 0 radical (unpaired) electrons. The Labute approximate surface area is 177 Å². The number of aromatic nitrogens is 1. The molecular formula is C24H20N2O5. The van der Waals surface area contributed by atoms with Crippen LogP contribution in [0.2, 0.25) is 0 Å². The van der Waals surface area contributed by atoms with E-state index in [1.165, 1.54) is 17.6 Å². The topological polar surface area (TPSA) is 90.5 Å². The highest BCUT2D eigenvalue weighted by molar-refractivity contribution is 5.98. The number of hydrogen-bond donors (Lipinski definition) is 1. The second-order valence-electron chi connectivity index (χ2n) is 7.08. The number of para-hydroxylation sites is 1. The Morgan fingerprint density at radius 3 is 2.32 bits per heavy atom. The third kappa shape index (κ3) is 4.25. The zero-order valence-corrected chi connectivity index (χ0v) is 17.0. The van der Waals surface area contributed by atoms with Crippen LogP contribution in [0, 0.1) is 0 Å². The molecule has 4 rings (SSSR count). The van der Waals surface area contributed by atoms with Crippen LogP contribution in [0.5, 0.6) is 11.5 Å². The molecular weight excluding hydrogens is 396 g/mol. The zero-order valence-electron chi connectivity index (χ0n) is 17.0. The number of amides is 1. The lowest BCUT2D eigenvalue weighted by Crippen LogP contribution is -2.29. The van der Waals surface area contributed by atoms with Crippen molar-refractivity contribution in [1.29, 1.82) is 0 Å². The van der Waals surface area contributed by atoms with Crippen molar-refractivity contribution in [2.24, 2.45) is 0 Å². The third-order valence-electron chi connectivity index (χ3n) is 4.89. The van der Waals surface area contributed by atoms with Gasteiger partial charge in [-0.1, -0.05) is 18.2 Å².